The zero-order chi connectivity index (χ0) is 24.2. The van der Waals surface area contributed by atoms with Crippen molar-refractivity contribution in [1.82, 2.24) is 14.8 Å². The fraction of sp³-hybridized carbons (Fsp3) is 0.414. The molecule has 180 valence electrons. The predicted molar refractivity (Wildman–Crippen MR) is 141 cm³/mol. The Kier molecular flexibility index (Phi) is 7.42. The quantitative estimate of drug-likeness (QED) is 0.536. The van der Waals surface area contributed by atoms with Crippen molar-refractivity contribution in [3.05, 3.63) is 88.2 Å². The van der Waals surface area contributed by atoms with E-state index in [1.54, 1.807) is 0 Å². The zero-order valence-electron chi connectivity index (χ0n) is 21.3. The summed E-state index contributed by atoms with van der Waals surface area (Å²) < 4.78 is 2.23. The molecule has 1 aromatic heterocycles. The zero-order valence-corrected chi connectivity index (χ0v) is 21.3. The van der Waals surface area contributed by atoms with Crippen molar-refractivity contribution in [1.29, 1.82) is 0 Å². The van der Waals surface area contributed by atoms with Crippen LogP contribution in [0.15, 0.2) is 54.6 Å². The van der Waals surface area contributed by atoms with Crippen LogP contribution in [0.25, 0.3) is 0 Å². The molecule has 1 aliphatic heterocycles. The number of carbonyl (C=O) groups excluding carboxylic acids is 1. The lowest BCUT2D eigenvalue weighted by Crippen LogP contribution is -2.46. The van der Waals surface area contributed by atoms with E-state index in [9.17, 15) is 4.79 Å². The van der Waals surface area contributed by atoms with Gasteiger partial charge in [-0.25, -0.2) is 0 Å². The molecule has 1 fully saturated rings. The topological polar surface area (TPSA) is 40.5 Å². The normalized spacial score (nSPS) is 15.4. The number of nitrogens with one attached hydrogen (secondary N) is 1. The van der Waals surface area contributed by atoms with E-state index in [0.717, 1.165) is 49.5 Å². The molecule has 1 aliphatic rings. The monoisotopic (exact) mass is 458 g/mol. The minimum absolute atomic E-state index is 0.0102. The number of anilines is 1. The summed E-state index contributed by atoms with van der Waals surface area (Å²) in [6.07, 6.45) is 0. The molecule has 0 aliphatic carbocycles. The number of rotatable bonds is 7. The van der Waals surface area contributed by atoms with Crippen LogP contribution in [0.2, 0.25) is 0 Å². The first kappa shape index (κ1) is 24.1. The van der Waals surface area contributed by atoms with Gasteiger partial charge in [-0.05, 0) is 50.9 Å². The number of amides is 1. The maximum Gasteiger partial charge on any atom is 0.268 e. The van der Waals surface area contributed by atoms with Crippen molar-refractivity contribution in [2.75, 3.05) is 37.6 Å². The molecule has 0 radical (unpaired) electrons. The lowest BCUT2D eigenvalue weighted by molar-refractivity contribution is 0.0930. The van der Waals surface area contributed by atoms with Gasteiger partial charge in [0, 0.05) is 44.0 Å². The molecule has 1 atom stereocenters. The molecule has 2 heterocycles. The van der Waals surface area contributed by atoms with Crippen molar-refractivity contribution in [2.45, 2.75) is 47.2 Å². The summed E-state index contributed by atoms with van der Waals surface area (Å²) in [4.78, 5) is 18.7. The number of carbonyl (C=O) groups is 1. The molecule has 5 heteroatoms. The first-order valence-electron chi connectivity index (χ1n) is 12.5. The summed E-state index contributed by atoms with van der Waals surface area (Å²) in [6.45, 7) is 16.6. The lowest BCUT2D eigenvalue weighted by Gasteiger charge is -2.36. The Morgan fingerprint density at radius 1 is 0.941 bits per heavy atom. The average molecular weight is 459 g/mol. The van der Waals surface area contributed by atoms with Gasteiger partial charge in [0.2, 0.25) is 0 Å². The lowest BCUT2D eigenvalue weighted by atomic mass is 10.1. The SMILES string of the molecule is CCN1CCN(c2c(C)c(C(=O)NC(C)c3ccccc3)n(Cc3ccccc3C)c2C)CC1. The Hall–Kier alpha value is -3.05. The molecule has 1 amide bonds. The first-order valence-corrected chi connectivity index (χ1v) is 12.5. The molecule has 2 aromatic carbocycles. The number of likely N-dealkylation sites (N-methyl/N-ethyl adjacent to an activating group) is 1. The van der Waals surface area contributed by atoms with Gasteiger partial charge in [-0.1, -0.05) is 61.5 Å². The Labute approximate surface area is 204 Å². The number of aromatic nitrogens is 1. The minimum Gasteiger partial charge on any atom is -0.367 e. The molecule has 5 nitrogen and oxygen atoms in total. The van der Waals surface area contributed by atoms with Crippen LogP contribution < -0.4 is 10.2 Å². The van der Waals surface area contributed by atoms with Gasteiger partial charge in [-0.3, -0.25) is 4.79 Å². The first-order chi connectivity index (χ1) is 16.4. The van der Waals surface area contributed by atoms with Crippen molar-refractivity contribution < 1.29 is 4.79 Å². The molecule has 1 saturated heterocycles. The van der Waals surface area contributed by atoms with Crippen LogP contribution in [-0.2, 0) is 6.54 Å². The van der Waals surface area contributed by atoms with Crippen LogP contribution in [-0.4, -0.2) is 48.1 Å². The summed E-state index contributed by atoms with van der Waals surface area (Å²) in [5.74, 6) is -0.0102. The highest BCUT2D eigenvalue weighted by atomic mass is 16.2. The van der Waals surface area contributed by atoms with Gasteiger partial charge in [-0.15, -0.1) is 0 Å². The Morgan fingerprint density at radius 2 is 1.59 bits per heavy atom. The van der Waals surface area contributed by atoms with E-state index < -0.39 is 0 Å². The Morgan fingerprint density at radius 3 is 2.24 bits per heavy atom. The van der Waals surface area contributed by atoms with Gasteiger partial charge in [0.25, 0.3) is 5.91 Å². The summed E-state index contributed by atoms with van der Waals surface area (Å²) >= 11 is 0. The number of aryl methyl sites for hydroxylation is 1. The molecular weight excluding hydrogens is 420 g/mol. The fourth-order valence-corrected chi connectivity index (χ4v) is 5.17. The molecule has 0 spiro atoms. The summed E-state index contributed by atoms with van der Waals surface area (Å²) in [6, 6.07) is 18.6. The van der Waals surface area contributed by atoms with Gasteiger partial charge < -0.3 is 19.7 Å². The summed E-state index contributed by atoms with van der Waals surface area (Å²) in [5.41, 5.74) is 7.84. The molecule has 0 bridgehead atoms. The number of hydrogen-bond donors (Lipinski definition) is 1. The largest absolute Gasteiger partial charge is 0.367 e. The molecule has 34 heavy (non-hydrogen) atoms. The van der Waals surface area contributed by atoms with E-state index in [1.165, 1.54) is 22.5 Å². The maximum absolute atomic E-state index is 13.7. The number of piperazine rings is 1. The van der Waals surface area contributed by atoms with Crippen molar-refractivity contribution in [2.24, 2.45) is 0 Å². The van der Waals surface area contributed by atoms with Crippen LogP contribution in [0.3, 0.4) is 0 Å². The molecular formula is C29H38N4O. The van der Waals surface area contributed by atoms with Gasteiger partial charge in [0.1, 0.15) is 5.69 Å². The molecule has 4 rings (SSSR count). The van der Waals surface area contributed by atoms with E-state index >= 15 is 0 Å². The smallest absolute Gasteiger partial charge is 0.268 e. The van der Waals surface area contributed by atoms with E-state index in [2.05, 4.69) is 90.7 Å². The summed E-state index contributed by atoms with van der Waals surface area (Å²) in [5, 5.41) is 3.27. The van der Waals surface area contributed by atoms with E-state index in [0.29, 0.717) is 6.54 Å². The second-order valence-corrected chi connectivity index (χ2v) is 9.45. The van der Waals surface area contributed by atoms with Gasteiger partial charge in [-0.2, -0.15) is 0 Å². The number of benzene rings is 2. The maximum atomic E-state index is 13.7. The van der Waals surface area contributed by atoms with E-state index in [1.807, 2.05) is 18.2 Å². The second kappa shape index (κ2) is 10.5. The van der Waals surface area contributed by atoms with Crippen LogP contribution in [0.5, 0.6) is 0 Å². The average Bonchev–Trinajstić information content (AvgIpc) is 3.10. The minimum atomic E-state index is -0.0632. The van der Waals surface area contributed by atoms with Crippen LogP contribution in [0, 0.1) is 20.8 Å². The highest BCUT2D eigenvalue weighted by Gasteiger charge is 2.28. The van der Waals surface area contributed by atoms with E-state index in [4.69, 9.17) is 0 Å². The summed E-state index contributed by atoms with van der Waals surface area (Å²) in [7, 11) is 0. The van der Waals surface area contributed by atoms with Crippen LogP contribution in [0.4, 0.5) is 5.69 Å². The molecule has 0 saturated carbocycles. The van der Waals surface area contributed by atoms with Crippen LogP contribution >= 0.6 is 0 Å². The van der Waals surface area contributed by atoms with Crippen molar-refractivity contribution in [3.8, 4) is 0 Å². The molecule has 1 N–H and O–H groups in total. The van der Waals surface area contributed by atoms with Crippen molar-refractivity contribution in [3.63, 3.8) is 0 Å². The molecule has 3 aromatic rings. The highest BCUT2D eigenvalue weighted by Crippen LogP contribution is 2.33. The number of nitrogens with zero attached hydrogens (tertiary/aromatic N) is 3. The third kappa shape index (κ3) is 4.90. The van der Waals surface area contributed by atoms with Gasteiger partial charge in [0.05, 0.1) is 11.7 Å². The second-order valence-electron chi connectivity index (χ2n) is 9.45. The van der Waals surface area contributed by atoms with Gasteiger partial charge >= 0.3 is 0 Å². The highest BCUT2D eigenvalue weighted by molar-refractivity contribution is 5.97. The van der Waals surface area contributed by atoms with Crippen LogP contribution in [0.1, 0.15) is 58.3 Å². The Balaban J connectivity index is 1.71. The number of hydrogen-bond acceptors (Lipinski definition) is 3. The van der Waals surface area contributed by atoms with Gasteiger partial charge in [0.15, 0.2) is 0 Å². The Bertz CT molecular complexity index is 1130. The predicted octanol–water partition coefficient (Wildman–Crippen LogP) is 5.09. The third-order valence-electron chi connectivity index (χ3n) is 7.32. The standard InChI is InChI=1S/C29H38N4O/c1-6-31-16-18-32(19-17-31)27-22(3)28(29(34)30-23(4)25-13-8-7-9-14-25)33(24(27)5)20-26-15-11-10-12-21(26)2/h7-15,23H,6,16-20H2,1-5H3,(H,30,34). The van der Waals surface area contributed by atoms with Crippen molar-refractivity contribution >= 4 is 11.6 Å². The fourth-order valence-electron chi connectivity index (χ4n) is 5.17. The van der Waals surface area contributed by atoms with E-state index in [-0.39, 0.29) is 11.9 Å². The third-order valence-corrected chi connectivity index (χ3v) is 7.32. The molecule has 1 unspecified atom stereocenters.